The summed E-state index contributed by atoms with van der Waals surface area (Å²) >= 11 is 0. The van der Waals surface area contributed by atoms with Gasteiger partial charge in [-0.3, -0.25) is 9.00 Å². The van der Waals surface area contributed by atoms with E-state index in [0.717, 1.165) is 17.7 Å². The average molecular weight is 343 g/mol. The maximum atomic E-state index is 12.4. The van der Waals surface area contributed by atoms with Crippen LogP contribution in [0.25, 0.3) is 0 Å². The van der Waals surface area contributed by atoms with Crippen LogP contribution in [-0.2, 0) is 23.0 Å². The van der Waals surface area contributed by atoms with E-state index in [2.05, 4.69) is 24.4 Å². The Morgan fingerprint density at radius 3 is 2.46 bits per heavy atom. The minimum Gasteiger partial charge on any atom is -0.322 e. The number of carbonyl (C=O) groups excluding carboxylic acids is 1. The monoisotopic (exact) mass is 343 g/mol. The molecule has 4 heteroatoms. The van der Waals surface area contributed by atoms with Crippen molar-refractivity contribution in [2.45, 2.75) is 38.4 Å². The second-order valence-corrected chi connectivity index (χ2v) is 7.46. The van der Waals surface area contributed by atoms with Gasteiger partial charge in [-0.05, 0) is 48.2 Å². The number of hydrogen-bond donors (Lipinski definition) is 1. The molecular weight excluding hydrogens is 318 g/mol. The molecule has 2 aromatic rings. The topological polar surface area (TPSA) is 46.2 Å². The lowest BCUT2D eigenvalue weighted by Crippen LogP contribution is -2.12. The molecule has 0 heterocycles. The van der Waals surface area contributed by atoms with Gasteiger partial charge in [-0.1, -0.05) is 44.0 Å². The molecule has 2 rings (SSSR count). The summed E-state index contributed by atoms with van der Waals surface area (Å²) in [7, 11) is -0.914. The molecule has 0 fully saturated rings. The summed E-state index contributed by atoms with van der Waals surface area (Å²) in [6.07, 6.45) is 6.41. The lowest BCUT2D eigenvalue weighted by atomic mass is 10.1. The van der Waals surface area contributed by atoms with Crippen LogP contribution in [0.1, 0.15) is 47.7 Å². The van der Waals surface area contributed by atoms with Gasteiger partial charge < -0.3 is 5.32 Å². The third kappa shape index (κ3) is 5.93. The van der Waals surface area contributed by atoms with E-state index in [9.17, 15) is 9.00 Å². The van der Waals surface area contributed by atoms with Gasteiger partial charge in [0.2, 0.25) is 0 Å². The van der Waals surface area contributed by atoms with Gasteiger partial charge in [0.1, 0.15) is 0 Å². The molecule has 1 atom stereocenters. The highest BCUT2D eigenvalue weighted by molar-refractivity contribution is 7.83. The van der Waals surface area contributed by atoms with Crippen molar-refractivity contribution in [1.82, 2.24) is 0 Å². The number of benzene rings is 2. The van der Waals surface area contributed by atoms with E-state index in [4.69, 9.17) is 0 Å². The molecule has 0 saturated heterocycles. The highest BCUT2D eigenvalue weighted by Crippen LogP contribution is 2.14. The first-order chi connectivity index (χ1) is 11.6. The summed E-state index contributed by atoms with van der Waals surface area (Å²) in [6.45, 7) is 2.20. The molecule has 0 saturated carbocycles. The van der Waals surface area contributed by atoms with E-state index < -0.39 is 10.8 Å². The number of rotatable bonds is 8. The highest BCUT2D eigenvalue weighted by Gasteiger charge is 2.07. The molecule has 24 heavy (non-hydrogen) atoms. The van der Waals surface area contributed by atoms with Crippen LogP contribution >= 0.6 is 0 Å². The fourth-order valence-electron chi connectivity index (χ4n) is 2.57. The van der Waals surface area contributed by atoms with Crippen LogP contribution in [-0.4, -0.2) is 16.4 Å². The summed E-state index contributed by atoms with van der Waals surface area (Å²) < 4.78 is 11.3. The first-order valence-corrected chi connectivity index (χ1v) is 10.1. The number of nitrogens with one attached hydrogen (secondary N) is 1. The first kappa shape index (κ1) is 18.4. The van der Waals surface area contributed by atoms with Gasteiger partial charge in [0.25, 0.3) is 5.91 Å². The molecule has 0 aliphatic rings. The van der Waals surface area contributed by atoms with E-state index in [0.29, 0.717) is 11.3 Å². The van der Waals surface area contributed by atoms with Crippen molar-refractivity contribution in [2.24, 2.45) is 0 Å². The Morgan fingerprint density at radius 1 is 1.04 bits per heavy atom. The zero-order valence-electron chi connectivity index (χ0n) is 14.4. The van der Waals surface area contributed by atoms with Gasteiger partial charge in [0, 0.05) is 34.1 Å². The van der Waals surface area contributed by atoms with E-state index in [1.165, 1.54) is 24.8 Å². The SMILES string of the molecule is CCCCCc1ccc(NC(=O)c2cccc(CS(C)=O)c2)cc1. The van der Waals surface area contributed by atoms with E-state index in [1.54, 1.807) is 18.4 Å². The van der Waals surface area contributed by atoms with Gasteiger partial charge in [0.15, 0.2) is 0 Å². The largest absolute Gasteiger partial charge is 0.322 e. The van der Waals surface area contributed by atoms with Crippen molar-refractivity contribution in [3.05, 3.63) is 65.2 Å². The van der Waals surface area contributed by atoms with Crippen molar-refractivity contribution in [3.8, 4) is 0 Å². The number of anilines is 1. The van der Waals surface area contributed by atoms with E-state index >= 15 is 0 Å². The predicted octanol–water partition coefficient (Wildman–Crippen LogP) is 4.55. The van der Waals surface area contributed by atoms with Gasteiger partial charge in [0.05, 0.1) is 0 Å². The average Bonchev–Trinajstić information content (AvgIpc) is 2.56. The molecule has 0 aromatic heterocycles. The smallest absolute Gasteiger partial charge is 0.255 e. The van der Waals surface area contributed by atoms with Crippen LogP contribution in [0.4, 0.5) is 5.69 Å². The Balaban J connectivity index is 1.97. The minimum atomic E-state index is -0.914. The van der Waals surface area contributed by atoms with Crippen LogP contribution < -0.4 is 5.32 Å². The Labute approximate surface area is 146 Å². The number of unbranched alkanes of at least 4 members (excludes halogenated alkanes) is 2. The van der Waals surface area contributed by atoms with Crippen molar-refractivity contribution in [3.63, 3.8) is 0 Å². The fourth-order valence-corrected chi connectivity index (χ4v) is 3.22. The molecule has 128 valence electrons. The van der Waals surface area contributed by atoms with Gasteiger partial charge >= 0.3 is 0 Å². The second kappa shape index (κ2) is 9.38. The molecule has 0 bridgehead atoms. The van der Waals surface area contributed by atoms with Crippen LogP contribution in [0, 0.1) is 0 Å². The van der Waals surface area contributed by atoms with Gasteiger partial charge in [-0.2, -0.15) is 0 Å². The zero-order chi connectivity index (χ0) is 17.4. The van der Waals surface area contributed by atoms with Gasteiger partial charge in [-0.25, -0.2) is 0 Å². The second-order valence-electron chi connectivity index (χ2n) is 6.03. The summed E-state index contributed by atoms with van der Waals surface area (Å²) in [4.78, 5) is 12.4. The molecule has 2 aromatic carbocycles. The quantitative estimate of drug-likeness (QED) is 0.715. The maximum absolute atomic E-state index is 12.4. The number of carbonyl (C=O) groups is 1. The summed E-state index contributed by atoms with van der Waals surface area (Å²) in [5.41, 5.74) is 3.59. The van der Waals surface area contributed by atoms with Crippen molar-refractivity contribution >= 4 is 22.4 Å². The van der Waals surface area contributed by atoms with Crippen LogP contribution in [0.2, 0.25) is 0 Å². The highest BCUT2D eigenvalue weighted by atomic mass is 32.2. The molecule has 1 unspecified atom stereocenters. The summed E-state index contributed by atoms with van der Waals surface area (Å²) in [6, 6.07) is 15.3. The van der Waals surface area contributed by atoms with E-state index in [1.807, 2.05) is 24.3 Å². The Morgan fingerprint density at radius 2 is 1.79 bits per heavy atom. The van der Waals surface area contributed by atoms with Crippen LogP contribution in [0.15, 0.2) is 48.5 Å². The number of aryl methyl sites for hydroxylation is 1. The molecule has 0 aliphatic carbocycles. The van der Waals surface area contributed by atoms with Crippen molar-refractivity contribution in [1.29, 1.82) is 0 Å². The zero-order valence-corrected chi connectivity index (χ0v) is 15.2. The fraction of sp³-hybridized carbons (Fsp3) is 0.350. The molecule has 0 aliphatic heterocycles. The maximum Gasteiger partial charge on any atom is 0.255 e. The third-order valence-corrected chi connectivity index (χ3v) is 4.58. The Kier molecular flexibility index (Phi) is 7.19. The summed E-state index contributed by atoms with van der Waals surface area (Å²) in [5, 5.41) is 2.92. The standard InChI is InChI=1S/C20H25NO2S/c1-3-4-5-7-16-10-12-19(13-11-16)21-20(22)18-9-6-8-17(14-18)15-24(2)23/h6,8-14H,3-5,7,15H2,1-2H3,(H,21,22). The van der Waals surface area contributed by atoms with Crippen molar-refractivity contribution < 1.29 is 9.00 Å². The molecule has 1 N–H and O–H groups in total. The van der Waals surface area contributed by atoms with Crippen molar-refractivity contribution in [2.75, 3.05) is 11.6 Å². The lowest BCUT2D eigenvalue weighted by molar-refractivity contribution is 0.102. The lowest BCUT2D eigenvalue weighted by Gasteiger charge is -2.08. The van der Waals surface area contributed by atoms with Gasteiger partial charge in [-0.15, -0.1) is 0 Å². The molecular formula is C20H25NO2S. The number of hydrogen-bond acceptors (Lipinski definition) is 2. The van der Waals surface area contributed by atoms with Crippen LogP contribution in [0.3, 0.4) is 0 Å². The summed E-state index contributed by atoms with van der Waals surface area (Å²) in [5.74, 6) is 0.325. The van der Waals surface area contributed by atoms with E-state index in [-0.39, 0.29) is 5.91 Å². The molecule has 0 radical (unpaired) electrons. The number of amides is 1. The molecule has 3 nitrogen and oxygen atoms in total. The first-order valence-electron chi connectivity index (χ1n) is 8.37. The minimum absolute atomic E-state index is 0.141. The predicted molar refractivity (Wildman–Crippen MR) is 102 cm³/mol. The molecule has 0 spiro atoms. The molecule has 1 amide bonds. The Hall–Kier alpha value is -1.94. The normalized spacial score (nSPS) is 11.9. The van der Waals surface area contributed by atoms with Crippen LogP contribution in [0.5, 0.6) is 0 Å². The Bertz CT molecular complexity index is 695. The third-order valence-electron chi connectivity index (χ3n) is 3.84.